The normalized spacial score (nSPS) is 10.3. The lowest BCUT2D eigenvalue weighted by molar-refractivity contribution is 0.301. The summed E-state index contributed by atoms with van der Waals surface area (Å²) in [6, 6.07) is 16.0. The molecule has 0 saturated heterocycles. The minimum atomic E-state index is 0.438. The van der Waals surface area contributed by atoms with Crippen LogP contribution in [-0.4, -0.2) is 0 Å². The molecule has 0 bridgehead atoms. The molecule has 0 aliphatic rings. The number of para-hydroxylation sites is 1. The molecular formula is C18H19NO. The molecule has 0 fully saturated rings. The van der Waals surface area contributed by atoms with Crippen molar-refractivity contribution in [2.24, 2.45) is 0 Å². The number of hydrogen-bond acceptors (Lipinski definition) is 2. The lowest BCUT2D eigenvalue weighted by Gasteiger charge is -2.14. The Hall–Kier alpha value is -2.27. The molecule has 2 rings (SSSR count). The van der Waals surface area contributed by atoms with Gasteiger partial charge in [-0.3, -0.25) is 0 Å². The van der Waals surface area contributed by atoms with E-state index in [0.29, 0.717) is 18.1 Å². The molecule has 2 nitrogen and oxygen atoms in total. The van der Waals surface area contributed by atoms with Crippen LogP contribution in [0.2, 0.25) is 0 Å². The summed E-state index contributed by atoms with van der Waals surface area (Å²) in [5.41, 5.74) is 4.11. The standard InChI is InChI=1S/C18H19NO/c1-13(2)17-6-4-5-7-18(17)20-12-16-9-8-15(11-19)10-14(16)3/h4-10,13H,12H2,1-3H3. The second kappa shape index (κ2) is 6.25. The Morgan fingerprint density at radius 2 is 1.90 bits per heavy atom. The summed E-state index contributed by atoms with van der Waals surface area (Å²) >= 11 is 0. The number of nitriles is 1. The van der Waals surface area contributed by atoms with Gasteiger partial charge in [-0.1, -0.05) is 38.1 Å². The van der Waals surface area contributed by atoms with Crippen molar-refractivity contribution in [3.63, 3.8) is 0 Å². The van der Waals surface area contributed by atoms with Gasteiger partial charge in [0.05, 0.1) is 11.6 Å². The van der Waals surface area contributed by atoms with Crippen molar-refractivity contribution in [3.8, 4) is 11.8 Å². The average molecular weight is 265 g/mol. The summed E-state index contributed by atoms with van der Waals surface area (Å²) in [6.45, 7) is 6.86. The van der Waals surface area contributed by atoms with E-state index in [9.17, 15) is 0 Å². The summed E-state index contributed by atoms with van der Waals surface area (Å²) in [5, 5.41) is 8.88. The molecule has 2 aromatic rings. The summed E-state index contributed by atoms with van der Waals surface area (Å²) in [5.74, 6) is 1.37. The molecule has 0 saturated carbocycles. The maximum absolute atomic E-state index is 8.88. The van der Waals surface area contributed by atoms with Crippen LogP contribution in [0, 0.1) is 18.3 Å². The summed E-state index contributed by atoms with van der Waals surface area (Å²) < 4.78 is 5.96. The van der Waals surface area contributed by atoms with Gasteiger partial charge in [0.25, 0.3) is 0 Å². The highest BCUT2D eigenvalue weighted by Gasteiger charge is 2.08. The minimum Gasteiger partial charge on any atom is -0.489 e. The van der Waals surface area contributed by atoms with Crippen LogP contribution >= 0.6 is 0 Å². The van der Waals surface area contributed by atoms with Crippen LogP contribution in [-0.2, 0) is 6.61 Å². The lowest BCUT2D eigenvalue weighted by atomic mass is 10.0. The van der Waals surface area contributed by atoms with Crippen molar-refractivity contribution < 1.29 is 4.74 Å². The van der Waals surface area contributed by atoms with Gasteiger partial charge >= 0.3 is 0 Å². The molecule has 0 N–H and O–H groups in total. The zero-order valence-electron chi connectivity index (χ0n) is 12.2. The van der Waals surface area contributed by atoms with E-state index in [-0.39, 0.29) is 0 Å². The molecule has 0 aliphatic carbocycles. The molecule has 0 amide bonds. The van der Waals surface area contributed by atoms with Crippen molar-refractivity contribution in [2.45, 2.75) is 33.3 Å². The van der Waals surface area contributed by atoms with Crippen molar-refractivity contribution in [1.29, 1.82) is 5.26 Å². The van der Waals surface area contributed by atoms with E-state index in [1.807, 2.05) is 43.3 Å². The number of rotatable bonds is 4. The van der Waals surface area contributed by atoms with Gasteiger partial charge in [-0.25, -0.2) is 0 Å². The van der Waals surface area contributed by atoms with Gasteiger partial charge in [-0.15, -0.1) is 0 Å². The number of nitrogens with zero attached hydrogens (tertiary/aromatic N) is 1. The van der Waals surface area contributed by atoms with Crippen LogP contribution in [0.1, 0.15) is 42.0 Å². The maximum atomic E-state index is 8.88. The molecule has 0 unspecified atom stereocenters. The van der Waals surface area contributed by atoms with Crippen LogP contribution in [0.5, 0.6) is 5.75 Å². The monoisotopic (exact) mass is 265 g/mol. The second-order valence-electron chi connectivity index (χ2n) is 5.23. The topological polar surface area (TPSA) is 33.0 Å². The highest BCUT2D eigenvalue weighted by Crippen LogP contribution is 2.26. The van der Waals surface area contributed by atoms with E-state index in [2.05, 4.69) is 26.0 Å². The number of aryl methyl sites for hydroxylation is 1. The maximum Gasteiger partial charge on any atom is 0.123 e. The number of ether oxygens (including phenoxy) is 1. The second-order valence-corrected chi connectivity index (χ2v) is 5.23. The fourth-order valence-electron chi connectivity index (χ4n) is 2.17. The minimum absolute atomic E-state index is 0.438. The Balaban J connectivity index is 2.15. The van der Waals surface area contributed by atoms with Crippen molar-refractivity contribution >= 4 is 0 Å². The first-order chi connectivity index (χ1) is 9.61. The average Bonchev–Trinajstić information content (AvgIpc) is 2.46. The van der Waals surface area contributed by atoms with E-state index < -0.39 is 0 Å². The quantitative estimate of drug-likeness (QED) is 0.811. The first kappa shape index (κ1) is 14.1. The smallest absolute Gasteiger partial charge is 0.123 e. The molecule has 102 valence electrons. The van der Waals surface area contributed by atoms with Gasteiger partial charge in [-0.05, 0) is 47.7 Å². The molecule has 0 aromatic heterocycles. The number of hydrogen-bond donors (Lipinski definition) is 0. The van der Waals surface area contributed by atoms with Gasteiger partial charge in [0.1, 0.15) is 12.4 Å². The van der Waals surface area contributed by atoms with Crippen LogP contribution in [0.25, 0.3) is 0 Å². The fourth-order valence-corrected chi connectivity index (χ4v) is 2.17. The summed E-state index contributed by atoms with van der Waals surface area (Å²) in [4.78, 5) is 0. The Labute approximate surface area is 120 Å². The zero-order valence-corrected chi connectivity index (χ0v) is 12.2. The highest BCUT2D eigenvalue weighted by molar-refractivity contribution is 5.39. The van der Waals surface area contributed by atoms with E-state index in [1.54, 1.807) is 0 Å². The van der Waals surface area contributed by atoms with E-state index in [4.69, 9.17) is 10.00 Å². The first-order valence-electron chi connectivity index (χ1n) is 6.83. The van der Waals surface area contributed by atoms with Crippen LogP contribution in [0.3, 0.4) is 0 Å². The predicted octanol–water partition coefficient (Wildman–Crippen LogP) is 4.57. The molecule has 0 atom stereocenters. The van der Waals surface area contributed by atoms with Crippen LogP contribution < -0.4 is 4.74 Å². The third kappa shape index (κ3) is 3.19. The van der Waals surface area contributed by atoms with E-state index >= 15 is 0 Å². The van der Waals surface area contributed by atoms with Crippen molar-refractivity contribution in [2.75, 3.05) is 0 Å². The SMILES string of the molecule is Cc1cc(C#N)ccc1COc1ccccc1C(C)C. The number of benzene rings is 2. The lowest BCUT2D eigenvalue weighted by Crippen LogP contribution is -2.01. The third-order valence-corrected chi connectivity index (χ3v) is 3.40. The zero-order chi connectivity index (χ0) is 14.5. The van der Waals surface area contributed by atoms with Gasteiger partial charge < -0.3 is 4.74 Å². The van der Waals surface area contributed by atoms with Gasteiger partial charge in [0.15, 0.2) is 0 Å². The Morgan fingerprint density at radius 3 is 2.55 bits per heavy atom. The highest BCUT2D eigenvalue weighted by atomic mass is 16.5. The van der Waals surface area contributed by atoms with E-state index in [0.717, 1.165) is 16.9 Å². The molecule has 2 aromatic carbocycles. The summed E-state index contributed by atoms with van der Waals surface area (Å²) in [6.07, 6.45) is 0. The molecule has 0 heterocycles. The van der Waals surface area contributed by atoms with Crippen LogP contribution in [0.4, 0.5) is 0 Å². The first-order valence-corrected chi connectivity index (χ1v) is 6.83. The summed E-state index contributed by atoms with van der Waals surface area (Å²) in [7, 11) is 0. The van der Waals surface area contributed by atoms with Gasteiger partial charge in [0, 0.05) is 0 Å². The van der Waals surface area contributed by atoms with Crippen LogP contribution in [0.15, 0.2) is 42.5 Å². The fraction of sp³-hybridized carbons (Fsp3) is 0.278. The molecule has 2 heteroatoms. The molecule has 20 heavy (non-hydrogen) atoms. The largest absolute Gasteiger partial charge is 0.489 e. The molecule has 0 spiro atoms. The van der Waals surface area contributed by atoms with Crippen molar-refractivity contribution in [3.05, 3.63) is 64.7 Å². The van der Waals surface area contributed by atoms with Gasteiger partial charge in [-0.2, -0.15) is 5.26 Å². The molecular weight excluding hydrogens is 246 g/mol. The van der Waals surface area contributed by atoms with Crippen molar-refractivity contribution in [1.82, 2.24) is 0 Å². The Morgan fingerprint density at radius 1 is 1.15 bits per heavy atom. The van der Waals surface area contributed by atoms with Gasteiger partial charge in [0.2, 0.25) is 0 Å². The predicted molar refractivity (Wildman–Crippen MR) is 80.8 cm³/mol. The third-order valence-electron chi connectivity index (χ3n) is 3.40. The molecule has 0 radical (unpaired) electrons. The van der Waals surface area contributed by atoms with E-state index in [1.165, 1.54) is 5.56 Å². The molecule has 0 aliphatic heterocycles. The Kier molecular flexibility index (Phi) is 4.42. The Bertz CT molecular complexity index is 638.